The Balaban J connectivity index is 2.60. The Morgan fingerprint density at radius 2 is 2.11 bits per heavy atom. The smallest absolute Gasteiger partial charge is 0.131 e. The van der Waals surface area contributed by atoms with Crippen molar-refractivity contribution in [2.45, 2.75) is 33.7 Å². The molecule has 0 aliphatic heterocycles. The van der Waals surface area contributed by atoms with Crippen LogP contribution in [-0.2, 0) is 0 Å². The first kappa shape index (κ1) is 11.8. The van der Waals surface area contributed by atoms with Crippen molar-refractivity contribution < 1.29 is 1.37 Å². The van der Waals surface area contributed by atoms with Gasteiger partial charge in [0.15, 0.2) is 0 Å². The first-order valence-corrected chi connectivity index (χ1v) is 6.51. The number of fused-ring (bicyclic) bond motifs is 1. The number of rotatable bonds is 3. The van der Waals surface area contributed by atoms with E-state index in [2.05, 4.69) is 29.6 Å². The zero-order chi connectivity index (χ0) is 14.2. The fraction of sp³-hybridized carbons (Fsp3) is 0.400. The summed E-state index contributed by atoms with van der Waals surface area (Å²) in [5.74, 6) is -0.577. The van der Waals surface area contributed by atoms with Gasteiger partial charge in [-0.15, -0.1) is 0 Å². The SMILES string of the molecule is [2H]C(C)(C)/C=C/c1cn(C(C)C)c2cc(Cl)ncc12. The van der Waals surface area contributed by atoms with E-state index >= 15 is 0 Å². The number of hydrogen-bond acceptors (Lipinski definition) is 1. The molecule has 0 radical (unpaired) electrons. The molecule has 0 N–H and O–H groups in total. The van der Waals surface area contributed by atoms with Crippen LogP contribution in [0.4, 0.5) is 0 Å². The summed E-state index contributed by atoms with van der Waals surface area (Å²) in [5, 5.41) is 1.57. The van der Waals surface area contributed by atoms with Crippen LogP contribution in [-0.4, -0.2) is 9.55 Å². The highest BCUT2D eigenvalue weighted by Gasteiger charge is 2.10. The third-order valence-electron chi connectivity index (χ3n) is 2.87. The minimum Gasteiger partial charge on any atom is -0.344 e. The molecule has 2 heterocycles. The fourth-order valence-electron chi connectivity index (χ4n) is 1.96. The lowest BCUT2D eigenvalue weighted by Crippen LogP contribution is -1.97. The molecule has 0 bridgehead atoms. The Morgan fingerprint density at radius 1 is 1.39 bits per heavy atom. The first-order chi connectivity index (χ1) is 8.78. The molecule has 0 amide bonds. The number of aromatic nitrogens is 2. The standard InChI is InChI=1S/C15H19ClN2/c1-10(2)5-6-12-9-18(11(3)4)14-7-15(16)17-8-13(12)14/h5-11H,1-4H3/b6-5+/i10D. The fourth-order valence-corrected chi connectivity index (χ4v) is 2.11. The molecule has 2 aromatic rings. The molecule has 0 aliphatic rings. The molecule has 2 rings (SSSR count). The van der Waals surface area contributed by atoms with E-state index in [9.17, 15) is 0 Å². The van der Waals surface area contributed by atoms with Gasteiger partial charge < -0.3 is 4.57 Å². The average Bonchev–Trinajstić information content (AvgIpc) is 2.63. The van der Waals surface area contributed by atoms with Crippen LogP contribution >= 0.6 is 11.6 Å². The van der Waals surface area contributed by atoms with Crippen LogP contribution in [0.1, 0.15) is 40.7 Å². The Hall–Kier alpha value is -1.28. The maximum absolute atomic E-state index is 7.88. The Bertz CT molecular complexity index is 621. The van der Waals surface area contributed by atoms with Crippen LogP contribution in [0, 0.1) is 5.89 Å². The van der Waals surface area contributed by atoms with Gasteiger partial charge in [-0.3, -0.25) is 0 Å². The van der Waals surface area contributed by atoms with Gasteiger partial charge >= 0.3 is 0 Å². The van der Waals surface area contributed by atoms with Gasteiger partial charge in [0, 0.05) is 30.8 Å². The molecular formula is C15H19ClN2. The van der Waals surface area contributed by atoms with E-state index in [1.807, 2.05) is 32.1 Å². The second-order valence-corrected chi connectivity index (χ2v) is 5.41. The van der Waals surface area contributed by atoms with E-state index in [0.717, 1.165) is 16.5 Å². The minimum absolute atomic E-state index is 0.354. The van der Waals surface area contributed by atoms with Crippen LogP contribution in [0.5, 0.6) is 0 Å². The van der Waals surface area contributed by atoms with Gasteiger partial charge in [0.1, 0.15) is 5.15 Å². The van der Waals surface area contributed by atoms with Gasteiger partial charge in [0.05, 0.1) is 5.52 Å². The van der Waals surface area contributed by atoms with Crippen molar-refractivity contribution in [2.75, 3.05) is 0 Å². The van der Waals surface area contributed by atoms with E-state index < -0.39 is 5.89 Å². The van der Waals surface area contributed by atoms with Crippen molar-refractivity contribution in [1.29, 1.82) is 0 Å². The van der Waals surface area contributed by atoms with Gasteiger partial charge in [0.2, 0.25) is 0 Å². The Labute approximate surface area is 115 Å². The van der Waals surface area contributed by atoms with E-state index in [-0.39, 0.29) is 0 Å². The maximum atomic E-state index is 7.88. The summed E-state index contributed by atoms with van der Waals surface area (Å²) >= 11 is 5.98. The normalized spacial score (nSPS) is 13.8. The number of hydrogen-bond donors (Lipinski definition) is 0. The van der Waals surface area contributed by atoms with E-state index in [4.69, 9.17) is 13.0 Å². The molecule has 2 nitrogen and oxygen atoms in total. The van der Waals surface area contributed by atoms with Gasteiger partial charge in [-0.1, -0.05) is 37.6 Å². The van der Waals surface area contributed by atoms with Crippen LogP contribution in [0.2, 0.25) is 5.15 Å². The molecule has 0 aromatic carbocycles. The lowest BCUT2D eigenvalue weighted by atomic mass is 10.1. The zero-order valence-electron chi connectivity index (χ0n) is 12.2. The summed E-state index contributed by atoms with van der Waals surface area (Å²) in [6.45, 7) is 7.99. The second kappa shape index (κ2) is 5.15. The molecule has 0 fully saturated rings. The summed E-state index contributed by atoms with van der Waals surface area (Å²) < 4.78 is 10.1. The molecule has 96 valence electrons. The van der Waals surface area contributed by atoms with Crippen LogP contribution in [0.15, 0.2) is 24.5 Å². The molecule has 18 heavy (non-hydrogen) atoms. The number of pyridine rings is 1. The zero-order valence-corrected chi connectivity index (χ0v) is 12.0. The van der Waals surface area contributed by atoms with Gasteiger partial charge in [-0.2, -0.15) is 0 Å². The summed E-state index contributed by atoms with van der Waals surface area (Å²) in [6, 6.07) is 2.24. The molecule has 0 saturated heterocycles. The highest BCUT2D eigenvalue weighted by atomic mass is 35.5. The molecule has 0 aliphatic carbocycles. The number of allylic oxidation sites excluding steroid dienone is 1. The topological polar surface area (TPSA) is 17.8 Å². The van der Waals surface area contributed by atoms with Crippen molar-refractivity contribution in [3.05, 3.63) is 35.3 Å². The summed E-state index contributed by atoms with van der Waals surface area (Å²) in [6.07, 6.45) is 7.77. The Morgan fingerprint density at radius 3 is 2.72 bits per heavy atom. The lowest BCUT2D eigenvalue weighted by molar-refractivity contribution is 0.622. The largest absolute Gasteiger partial charge is 0.344 e. The van der Waals surface area contributed by atoms with Crippen molar-refractivity contribution in [3.8, 4) is 0 Å². The van der Waals surface area contributed by atoms with Gasteiger partial charge in [-0.05, 0) is 25.8 Å². The molecule has 0 saturated carbocycles. The maximum Gasteiger partial charge on any atom is 0.131 e. The minimum atomic E-state index is -0.577. The summed E-state index contributed by atoms with van der Waals surface area (Å²) in [4.78, 5) is 4.16. The van der Waals surface area contributed by atoms with Gasteiger partial charge in [-0.25, -0.2) is 4.98 Å². The first-order valence-electron chi connectivity index (χ1n) is 6.63. The predicted octanol–water partition coefficient (Wildman–Crippen LogP) is 4.94. The molecule has 2 aromatic heterocycles. The number of halogens is 1. The highest BCUT2D eigenvalue weighted by Crippen LogP contribution is 2.27. The van der Waals surface area contributed by atoms with Crippen molar-refractivity contribution in [2.24, 2.45) is 5.89 Å². The van der Waals surface area contributed by atoms with Crippen molar-refractivity contribution in [3.63, 3.8) is 0 Å². The quantitative estimate of drug-likeness (QED) is 0.717. The molecule has 3 heteroatoms. The van der Waals surface area contributed by atoms with E-state index in [1.54, 1.807) is 6.20 Å². The monoisotopic (exact) mass is 263 g/mol. The van der Waals surface area contributed by atoms with E-state index in [0.29, 0.717) is 11.2 Å². The predicted molar refractivity (Wildman–Crippen MR) is 79.0 cm³/mol. The van der Waals surface area contributed by atoms with Crippen LogP contribution in [0.25, 0.3) is 17.0 Å². The third kappa shape index (κ3) is 2.59. The highest BCUT2D eigenvalue weighted by molar-refractivity contribution is 6.30. The molecule has 0 unspecified atom stereocenters. The lowest BCUT2D eigenvalue weighted by Gasteiger charge is -2.08. The van der Waals surface area contributed by atoms with Crippen LogP contribution < -0.4 is 0 Å². The van der Waals surface area contributed by atoms with Crippen molar-refractivity contribution in [1.82, 2.24) is 9.55 Å². The van der Waals surface area contributed by atoms with Gasteiger partial charge in [0.25, 0.3) is 0 Å². The molecule has 0 spiro atoms. The summed E-state index contributed by atoms with van der Waals surface area (Å²) in [5.41, 5.74) is 2.16. The van der Waals surface area contributed by atoms with Crippen molar-refractivity contribution >= 4 is 28.6 Å². The van der Waals surface area contributed by atoms with Crippen LogP contribution in [0.3, 0.4) is 0 Å². The summed E-state index contributed by atoms with van der Waals surface area (Å²) in [7, 11) is 0. The number of nitrogens with zero attached hydrogens (tertiary/aromatic N) is 2. The Kier molecular flexibility index (Phi) is 3.37. The molecule has 0 atom stereocenters. The third-order valence-corrected chi connectivity index (χ3v) is 3.08. The second-order valence-electron chi connectivity index (χ2n) is 5.02. The average molecular weight is 264 g/mol. The van der Waals surface area contributed by atoms with E-state index in [1.165, 1.54) is 0 Å². The molecular weight excluding hydrogens is 244 g/mol.